The maximum atomic E-state index is 10.4. The van der Waals surface area contributed by atoms with Crippen molar-refractivity contribution in [2.75, 3.05) is 14.2 Å². The van der Waals surface area contributed by atoms with Crippen molar-refractivity contribution in [1.82, 2.24) is 0 Å². The molecule has 0 saturated carbocycles. The van der Waals surface area contributed by atoms with Gasteiger partial charge in [0, 0.05) is 38.2 Å². The molecule has 0 aliphatic heterocycles. The summed E-state index contributed by atoms with van der Waals surface area (Å²) in [5.74, 6) is 0.373. The predicted molar refractivity (Wildman–Crippen MR) is 72.4 cm³/mol. The molecule has 0 spiro atoms. The first-order valence-electron chi connectivity index (χ1n) is 4.16. The number of nitrogens with zero attached hydrogens (tertiary/aromatic N) is 1. The largest absolute Gasteiger partial charge is 0.424 e. The first kappa shape index (κ1) is 16.3. The van der Waals surface area contributed by atoms with Crippen molar-refractivity contribution in [3.63, 3.8) is 0 Å². The van der Waals surface area contributed by atoms with Crippen LogP contribution in [-0.4, -0.2) is 19.1 Å². The van der Waals surface area contributed by atoms with Gasteiger partial charge in [-0.15, -0.1) is 0 Å². The van der Waals surface area contributed by atoms with Crippen molar-refractivity contribution in [3.8, 4) is 5.75 Å². The smallest absolute Gasteiger partial charge is 0.380 e. The number of nitro benzene ring substituents is 1. The highest BCUT2D eigenvalue weighted by molar-refractivity contribution is 8.07. The Morgan fingerprint density at radius 1 is 1.24 bits per heavy atom. The topological polar surface area (TPSA) is 70.8 Å². The van der Waals surface area contributed by atoms with Gasteiger partial charge in [0.1, 0.15) is 5.75 Å². The number of benzene rings is 1. The Hall–Kier alpha value is -0.660. The Morgan fingerprint density at radius 3 is 2.06 bits per heavy atom. The Bertz CT molecular complexity index is 416. The van der Waals surface area contributed by atoms with Crippen LogP contribution in [0.1, 0.15) is 0 Å². The van der Waals surface area contributed by atoms with Gasteiger partial charge in [0.05, 0.1) is 4.92 Å². The summed E-state index contributed by atoms with van der Waals surface area (Å²) in [5, 5.41) is 10.4. The van der Waals surface area contributed by atoms with Gasteiger partial charge in [-0.25, -0.2) is 0 Å². The van der Waals surface area contributed by atoms with Gasteiger partial charge in [0.2, 0.25) is 0 Å². The van der Waals surface area contributed by atoms with Crippen molar-refractivity contribution >= 4 is 37.7 Å². The van der Waals surface area contributed by atoms with Crippen LogP contribution in [-0.2, 0) is 20.9 Å². The highest BCUT2D eigenvalue weighted by Gasteiger charge is 2.18. The summed E-state index contributed by atoms with van der Waals surface area (Å²) in [5.41, 5.74) is -0.0181. The van der Waals surface area contributed by atoms with Crippen LogP contribution in [0.5, 0.6) is 5.75 Å². The Morgan fingerprint density at radius 2 is 1.71 bits per heavy atom. The van der Waals surface area contributed by atoms with E-state index in [9.17, 15) is 10.1 Å². The molecule has 9 heteroatoms. The summed E-state index contributed by atoms with van der Waals surface area (Å²) in [4.78, 5) is 9.92. The summed E-state index contributed by atoms with van der Waals surface area (Å²) in [7, 11) is 2.77. The molecule has 0 amide bonds. The third-order valence-corrected chi connectivity index (χ3v) is 4.16. The van der Waals surface area contributed by atoms with Crippen molar-refractivity contribution in [2.45, 2.75) is 0 Å². The van der Waals surface area contributed by atoms with Gasteiger partial charge in [0.15, 0.2) is 0 Å². The number of hydrogen-bond acceptors (Lipinski definition) is 6. The van der Waals surface area contributed by atoms with E-state index in [0.717, 1.165) is 0 Å². The van der Waals surface area contributed by atoms with Crippen LogP contribution in [0.25, 0.3) is 0 Å². The van der Waals surface area contributed by atoms with Gasteiger partial charge in [0.25, 0.3) is 5.69 Å². The quantitative estimate of drug-likeness (QED) is 0.472. The summed E-state index contributed by atoms with van der Waals surface area (Å²) in [6.45, 7) is -2.78. The fourth-order valence-electron chi connectivity index (χ4n) is 0.907. The molecule has 6 nitrogen and oxygen atoms in total. The van der Waals surface area contributed by atoms with Crippen LogP contribution >= 0.6 is 20.2 Å². The molecule has 0 atom stereocenters. The number of hydrogen-bond donors (Lipinski definition) is 0. The van der Waals surface area contributed by atoms with Crippen LogP contribution in [0.2, 0.25) is 0 Å². The van der Waals surface area contributed by atoms with Crippen LogP contribution in [0.4, 0.5) is 5.69 Å². The predicted octanol–water partition coefficient (Wildman–Crippen LogP) is 2.60. The van der Waals surface area contributed by atoms with Gasteiger partial charge < -0.3 is 13.6 Å². The van der Waals surface area contributed by atoms with Crippen molar-refractivity contribution in [3.05, 3.63) is 34.4 Å². The monoisotopic (exact) mass is 297 g/mol. The minimum Gasteiger partial charge on any atom is -0.424 e. The second-order valence-electron chi connectivity index (χ2n) is 2.65. The van der Waals surface area contributed by atoms with Crippen molar-refractivity contribution < 1.29 is 18.5 Å². The molecule has 0 unspecified atom stereocenters. The SMILES string of the molecule is COP(=S)(OC)Oc1ccc([N+](=O)[O-])cc1.S. The second kappa shape index (κ2) is 6.93. The fraction of sp³-hybridized carbons (Fsp3) is 0.250. The standard InChI is InChI=1S/C8H10NO5PS.H2S/c1-12-15(16,13-2)14-8-5-3-7(4-6-8)9(10)11;/h3-6H,1-2H3;1H2. The first-order valence-corrected chi connectivity index (χ1v) is 6.72. The second-order valence-corrected chi connectivity index (χ2v) is 5.80. The molecular formula is C8H12NO5PS2. The highest BCUT2D eigenvalue weighted by atomic mass is 32.5. The third-order valence-electron chi connectivity index (χ3n) is 1.71. The van der Waals surface area contributed by atoms with E-state index in [1.807, 2.05) is 0 Å². The molecule has 0 bridgehead atoms. The molecule has 1 aromatic rings. The Balaban J connectivity index is 0.00000256. The minimum absolute atomic E-state index is 0. The summed E-state index contributed by atoms with van der Waals surface area (Å²) in [6, 6.07) is 5.52. The van der Waals surface area contributed by atoms with Crippen molar-refractivity contribution in [2.24, 2.45) is 0 Å². The maximum Gasteiger partial charge on any atom is 0.380 e. The van der Waals surface area contributed by atoms with Crippen LogP contribution in [0.3, 0.4) is 0 Å². The van der Waals surface area contributed by atoms with Crippen LogP contribution in [0, 0.1) is 10.1 Å². The van der Waals surface area contributed by atoms with E-state index in [0.29, 0.717) is 5.75 Å². The Labute approximate surface area is 111 Å². The molecule has 0 N–H and O–H groups in total. The van der Waals surface area contributed by atoms with Gasteiger partial charge in [-0.3, -0.25) is 10.1 Å². The average molecular weight is 297 g/mol. The van der Waals surface area contributed by atoms with E-state index in [2.05, 4.69) is 0 Å². The van der Waals surface area contributed by atoms with Gasteiger partial charge in [-0.05, 0) is 12.1 Å². The van der Waals surface area contributed by atoms with Gasteiger partial charge in [-0.2, -0.15) is 13.5 Å². The zero-order chi connectivity index (χ0) is 12.2. The number of non-ortho nitro benzene ring substituents is 1. The molecule has 0 aromatic heterocycles. The summed E-state index contributed by atoms with van der Waals surface area (Å²) < 4.78 is 15.1. The van der Waals surface area contributed by atoms with Gasteiger partial charge in [-0.1, -0.05) is 0 Å². The molecule has 0 saturated heterocycles. The van der Waals surface area contributed by atoms with E-state index in [-0.39, 0.29) is 19.2 Å². The fourth-order valence-corrected chi connectivity index (χ4v) is 1.84. The molecule has 0 radical (unpaired) electrons. The summed E-state index contributed by atoms with van der Waals surface area (Å²) in [6.07, 6.45) is 0. The van der Waals surface area contributed by atoms with Crippen LogP contribution in [0.15, 0.2) is 24.3 Å². The lowest BCUT2D eigenvalue weighted by molar-refractivity contribution is -0.384. The molecule has 0 aliphatic rings. The number of rotatable bonds is 5. The molecule has 1 aromatic carbocycles. The Kier molecular flexibility index (Phi) is 6.66. The zero-order valence-corrected chi connectivity index (χ0v) is 11.9. The van der Waals surface area contributed by atoms with E-state index in [4.69, 9.17) is 25.4 Å². The highest BCUT2D eigenvalue weighted by Crippen LogP contribution is 2.48. The maximum absolute atomic E-state index is 10.4. The molecule has 17 heavy (non-hydrogen) atoms. The molecule has 0 aliphatic carbocycles. The average Bonchev–Trinajstić information content (AvgIpc) is 2.29. The molecule has 1 rings (SSSR count). The zero-order valence-electron chi connectivity index (χ0n) is 9.15. The normalized spacial score (nSPS) is 10.5. The molecular weight excluding hydrogens is 285 g/mol. The third kappa shape index (κ3) is 4.61. The van der Waals surface area contributed by atoms with E-state index in [1.54, 1.807) is 0 Å². The molecule has 0 fully saturated rings. The van der Waals surface area contributed by atoms with Crippen molar-refractivity contribution in [1.29, 1.82) is 0 Å². The molecule has 96 valence electrons. The lowest BCUT2D eigenvalue weighted by atomic mass is 10.3. The molecule has 0 heterocycles. The van der Waals surface area contributed by atoms with E-state index < -0.39 is 11.6 Å². The minimum atomic E-state index is -2.78. The lowest BCUT2D eigenvalue weighted by Gasteiger charge is -2.17. The summed E-state index contributed by atoms with van der Waals surface area (Å²) >= 11 is 4.98. The van der Waals surface area contributed by atoms with Crippen LogP contribution < -0.4 is 4.52 Å². The van der Waals surface area contributed by atoms with E-state index in [1.165, 1.54) is 38.5 Å². The van der Waals surface area contributed by atoms with Gasteiger partial charge >= 0.3 is 6.72 Å². The lowest BCUT2D eigenvalue weighted by Crippen LogP contribution is -1.97. The van der Waals surface area contributed by atoms with E-state index >= 15 is 0 Å². The number of nitro groups is 1. The first-order chi connectivity index (χ1) is 7.50.